The number of hydrogen-bond donors (Lipinski definition) is 1. The molecule has 0 spiro atoms. The van der Waals surface area contributed by atoms with E-state index in [0.29, 0.717) is 27.4 Å². The zero-order valence-corrected chi connectivity index (χ0v) is 17.8. The topological polar surface area (TPSA) is 85.1 Å². The number of nitrogens with zero attached hydrogens (tertiary/aromatic N) is 2. The van der Waals surface area contributed by atoms with Crippen LogP contribution in [0, 0.1) is 13.8 Å². The minimum Gasteiger partial charge on any atom is -0.456 e. The Bertz CT molecular complexity index is 1290. The number of aromatic nitrogens is 2. The van der Waals surface area contributed by atoms with E-state index in [1.54, 1.807) is 24.3 Å². The average molecular weight is 420 g/mol. The predicted molar refractivity (Wildman–Crippen MR) is 119 cm³/mol. The van der Waals surface area contributed by atoms with Crippen LogP contribution < -0.4 is 10.7 Å². The summed E-state index contributed by atoms with van der Waals surface area (Å²) in [5, 5.41) is 12.8. The van der Waals surface area contributed by atoms with Crippen molar-refractivity contribution in [1.29, 1.82) is 0 Å². The number of nitrogens with one attached hydrogen (secondary N) is 1. The minimum atomic E-state index is -0.257. The maximum absolute atomic E-state index is 12.6. The van der Waals surface area contributed by atoms with Crippen molar-refractivity contribution in [1.82, 2.24) is 10.2 Å². The standard InChI is InChI=1S/C23H21N3O3S/c1-4-5-20-25-26-23(30-20)24-22(28)16-8-6-15(7-9-16)19-12-18(27)17-11-13(2)10-14(3)21(17)29-19/h6-12H,4-5H2,1-3H3,(H,24,26,28). The summed E-state index contributed by atoms with van der Waals surface area (Å²) in [6.07, 6.45) is 1.83. The van der Waals surface area contributed by atoms with Crippen LogP contribution in [0.25, 0.3) is 22.3 Å². The molecule has 0 fully saturated rings. The number of carbonyl (C=O) groups excluding carboxylic acids is 1. The van der Waals surface area contributed by atoms with Crippen molar-refractivity contribution in [3.8, 4) is 11.3 Å². The molecule has 7 heteroatoms. The quantitative estimate of drug-likeness (QED) is 0.484. The predicted octanol–water partition coefficient (Wildman–Crippen LogP) is 5.13. The molecule has 4 aromatic rings. The van der Waals surface area contributed by atoms with E-state index in [-0.39, 0.29) is 11.3 Å². The van der Waals surface area contributed by atoms with Crippen molar-refractivity contribution in [3.05, 3.63) is 74.4 Å². The number of rotatable bonds is 5. The van der Waals surface area contributed by atoms with Crippen molar-refractivity contribution >= 4 is 33.3 Å². The molecule has 152 valence electrons. The van der Waals surface area contributed by atoms with Gasteiger partial charge in [-0.25, -0.2) is 0 Å². The summed E-state index contributed by atoms with van der Waals surface area (Å²) in [5.74, 6) is 0.215. The third-order valence-electron chi connectivity index (χ3n) is 4.74. The summed E-state index contributed by atoms with van der Waals surface area (Å²) in [6, 6.07) is 12.3. The number of aryl methyl sites for hydroxylation is 3. The first-order valence-corrected chi connectivity index (χ1v) is 10.6. The molecule has 1 N–H and O–H groups in total. The molecule has 30 heavy (non-hydrogen) atoms. The molecular weight excluding hydrogens is 398 g/mol. The number of benzene rings is 2. The first kappa shape index (κ1) is 20.0. The van der Waals surface area contributed by atoms with Crippen molar-refractivity contribution < 1.29 is 9.21 Å². The normalized spacial score (nSPS) is 11.0. The third kappa shape index (κ3) is 4.02. The van der Waals surface area contributed by atoms with Crippen LogP contribution in [-0.2, 0) is 6.42 Å². The van der Waals surface area contributed by atoms with Gasteiger partial charge in [0.25, 0.3) is 5.91 Å². The molecule has 4 rings (SSSR count). The molecule has 0 aliphatic carbocycles. The molecule has 2 aromatic carbocycles. The van der Waals surface area contributed by atoms with E-state index in [9.17, 15) is 9.59 Å². The lowest BCUT2D eigenvalue weighted by Crippen LogP contribution is -2.11. The number of fused-ring (bicyclic) bond motifs is 1. The first-order chi connectivity index (χ1) is 14.4. The maximum atomic E-state index is 12.6. The highest BCUT2D eigenvalue weighted by Gasteiger charge is 2.13. The summed E-state index contributed by atoms with van der Waals surface area (Å²) in [7, 11) is 0. The molecule has 0 atom stereocenters. The largest absolute Gasteiger partial charge is 0.456 e. The first-order valence-electron chi connectivity index (χ1n) is 9.74. The van der Waals surface area contributed by atoms with Crippen LogP contribution in [0.15, 0.2) is 51.7 Å². The van der Waals surface area contributed by atoms with Crippen LogP contribution in [0.3, 0.4) is 0 Å². The summed E-state index contributed by atoms with van der Waals surface area (Å²) < 4.78 is 6.02. The van der Waals surface area contributed by atoms with E-state index in [0.717, 1.165) is 34.5 Å². The Balaban J connectivity index is 1.58. The Morgan fingerprint density at radius 3 is 2.60 bits per heavy atom. The molecule has 0 unspecified atom stereocenters. The molecule has 2 heterocycles. The molecule has 6 nitrogen and oxygen atoms in total. The fourth-order valence-corrected chi connectivity index (χ4v) is 4.16. The lowest BCUT2D eigenvalue weighted by molar-refractivity contribution is 0.102. The SMILES string of the molecule is CCCc1nnc(NC(=O)c2ccc(-c3cc(=O)c4cc(C)cc(C)c4o3)cc2)s1. The summed E-state index contributed by atoms with van der Waals surface area (Å²) in [5.41, 5.74) is 3.66. The van der Waals surface area contributed by atoms with Crippen LogP contribution in [0.4, 0.5) is 5.13 Å². The van der Waals surface area contributed by atoms with Crippen LogP contribution >= 0.6 is 11.3 Å². The fraction of sp³-hybridized carbons (Fsp3) is 0.217. The highest BCUT2D eigenvalue weighted by molar-refractivity contribution is 7.15. The van der Waals surface area contributed by atoms with Crippen LogP contribution in [0.2, 0.25) is 0 Å². The van der Waals surface area contributed by atoms with Crippen LogP contribution in [0.5, 0.6) is 0 Å². The van der Waals surface area contributed by atoms with Gasteiger partial charge in [-0.1, -0.05) is 36.5 Å². The molecule has 2 aromatic heterocycles. The molecule has 0 saturated carbocycles. The smallest absolute Gasteiger partial charge is 0.257 e. The summed E-state index contributed by atoms with van der Waals surface area (Å²) >= 11 is 1.38. The van der Waals surface area contributed by atoms with E-state index in [4.69, 9.17) is 4.42 Å². The van der Waals surface area contributed by atoms with Gasteiger partial charge in [-0.05, 0) is 49.6 Å². The molecule has 1 amide bonds. The van der Waals surface area contributed by atoms with Gasteiger partial charge >= 0.3 is 0 Å². The summed E-state index contributed by atoms with van der Waals surface area (Å²) in [6.45, 7) is 5.95. The Morgan fingerprint density at radius 2 is 1.87 bits per heavy atom. The molecule has 0 saturated heterocycles. The maximum Gasteiger partial charge on any atom is 0.257 e. The monoisotopic (exact) mass is 419 g/mol. The average Bonchev–Trinajstić information content (AvgIpc) is 3.16. The number of amides is 1. The van der Waals surface area contributed by atoms with E-state index in [1.807, 2.05) is 26.0 Å². The van der Waals surface area contributed by atoms with Crippen LogP contribution in [0.1, 0.15) is 39.8 Å². The second kappa shape index (κ2) is 8.20. The van der Waals surface area contributed by atoms with Gasteiger partial charge in [-0.2, -0.15) is 0 Å². The van der Waals surface area contributed by atoms with Crippen molar-refractivity contribution in [2.24, 2.45) is 0 Å². The summed E-state index contributed by atoms with van der Waals surface area (Å²) in [4.78, 5) is 25.1. The Hall–Kier alpha value is -3.32. The Morgan fingerprint density at radius 1 is 1.10 bits per heavy atom. The lowest BCUT2D eigenvalue weighted by Gasteiger charge is -2.07. The molecule has 0 bridgehead atoms. The van der Waals surface area contributed by atoms with E-state index >= 15 is 0 Å². The van der Waals surface area contributed by atoms with Crippen molar-refractivity contribution in [2.45, 2.75) is 33.6 Å². The fourth-order valence-electron chi connectivity index (χ4n) is 3.33. The van der Waals surface area contributed by atoms with Crippen LogP contribution in [-0.4, -0.2) is 16.1 Å². The van der Waals surface area contributed by atoms with Gasteiger partial charge in [0.05, 0.1) is 5.39 Å². The zero-order chi connectivity index (χ0) is 21.3. The van der Waals surface area contributed by atoms with Gasteiger partial charge in [0.1, 0.15) is 16.4 Å². The Labute approximate surface area is 177 Å². The van der Waals surface area contributed by atoms with Crippen molar-refractivity contribution in [2.75, 3.05) is 5.32 Å². The van der Waals surface area contributed by atoms with E-state index < -0.39 is 0 Å². The van der Waals surface area contributed by atoms with E-state index in [1.165, 1.54) is 17.4 Å². The van der Waals surface area contributed by atoms with Gasteiger partial charge in [0.15, 0.2) is 5.43 Å². The number of anilines is 1. The second-order valence-electron chi connectivity index (χ2n) is 7.22. The second-order valence-corrected chi connectivity index (χ2v) is 8.28. The zero-order valence-electron chi connectivity index (χ0n) is 17.0. The lowest BCUT2D eigenvalue weighted by atomic mass is 10.1. The Kier molecular flexibility index (Phi) is 5.46. The minimum absolute atomic E-state index is 0.0842. The van der Waals surface area contributed by atoms with Gasteiger partial charge < -0.3 is 4.42 Å². The van der Waals surface area contributed by atoms with Crippen molar-refractivity contribution in [3.63, 3.8) is 0 Å². The van der Waals surface area contributed by atoms with Gasteiger partial charge in [-0.3, -0.25) is 14.9 Å². The highest BCUT2D eigenvalue weighted by Crippen LogP contribution is 2.26. The van der Waals surface area contributed by atoms with Gasteiger partial charge in [0.2, 0.25) is 5.13 Å². The van der Waals surface area contributed by atoms with Gasteiger partial charge in [-0.15, -0.1) is 10.2 Å². The number of carbonyl (C=O) groups is 1. The number of hydrogen-bond acceptors (Lipinski definition) is 6. The molecule has 0 aliphatic rings. The van der Waals surface area contributed by atoms with E-state index in [2.05, 4.69) is 22.4 Å². The molecule has 0 aliphatic heterocycles. The molecular formula is C23H21N3O3S. The highest BCUT2D eigenvalue weighted by atomic mass is 32.1. The molecule has 0 radical (unpaired) electrons. The third-order valence-corrected chi connectivity index (χ3v) is 5.64. The van der Waals surface area contributed by atoms with Gasteiger partial charge in [0, 0.05) is 23.6 Å².